The number of carbonyl (C=O) groups excluding carboxylic acids is 1. The standard InChI is InChI=1S/C19H21N3O/c1-14(2)8-10-20-19(23)16-9-11-22-13-17(21-18(22)12-16)15-6-4-3-5-7-15/h3-7,9,11-14H,8,10H2,1-2H3,(H,20,23). The highest BCUT2D eigenvalue weighted by Gasteiger charge is 2.09. The number of hydrogen-bond donors (Lipinski definition) is 1. The molecule has 0 radical (unpaired) electrons. The Labute approximate surface area is 136 Å². The fraction of sp³-hybridized carbons (Fsp3) is 0.263. The second-order valence-corrected chi connectivity index (χ2v) is 6.11. The number of nitrogens with zero attached hydrogens (tertiary/aromatic N) is 2. The van der Waals surface area contributed by atoms with Crippen molar-refractivity contribution in [1.82, 2.24) is 14.7 Å². The molecule has 0 fully saturated rings. The highest BCUT2D eigenvalue weighted by Crippen LogP contribution is 2.19. The van der Waals surface area contributed by atoms with Gasteiger partial charge in [-0.2, -0.15) is 0 Å². The maximum atomic E-state index is 12.2. The highest BCUT2D eigenvalue weighted by molar-refractivity contribution is 5.95. The molecule has 0 saturated carbocycles. The Bertz CT molecular complexity index is 806. The van der Waals surface area contributed by atoms with Crippen molar-refractivity contribution in [3.63, 3.8) is 0 Å². The zero-order valence-electron chi connectivity index (χ0n) is 13.5. The number of hydrogen-bond acceptors (Lipinski definition) is 2. The fourth-order valence-electron chi connectivity index (χ4n) is 2.45. The summed E-state index contributed by atoms with van der Waals surface area (Å²) in [5, 5.41) is 2.96. The Morgan fingerprint density at radius 2 is 2.00 bits per heavy atom. The lowest BCUT2D eigenvalue weighted by molar-refractivity contribution is 0.0952. The van der Waals surface area contributed by atoms with E-state index in [4.69, 9.17) is 0 Å². The van der Waals surface area contributed by atoms with Crippen LogP contribution in [0.25, 0.3) is 16.9 Å². The van der Waals surface area contributed by atoms with Crippen molar-refractivity contribution >= 4 is 11.6 Å². The van der Waals surface area contributed by atoms with Crippen molar-refractivity contribution in [1.29, 1.82) is 0 Å². The van der Waals surface area contributed by atoms with E-state index in [9.17, 15) is 4.79 Å². The lowest BCUT2D eigenvalue weighted by atomic mass is 10.1. The Balaban J connectivity index is 1.80. The van der Waals surface area contributed by atoms with Gasteiger partial charge in [0.2, 0.25) is 0 Å². The summed E-state index contributed by atoms with van der Waals surface area (Å²) in [6.07, 6.45) is 4.84. The molecule has 4 heteroatoms. The molecule has 0 spiro atoms. The van der Waals surface area contributed by atoms with Gasteiger partial charge in [0.15, 0.2) is 0 Å². The summed E-state index contributed by atoms with van der Waals surface area (Å²) in [7, 11) is 0. The average Bonchev–Trinajstić information content (AvgIpc) is 2.98. The van der Waals surface area contributed by atoms with Crippen molar-refractivity contribution in [3.05, 3.63) is 60.4 Å². The van der Waals surface area contributed by atoms with Crippen molar-refractivity contribution < 1.29 is 4.79 Å². The number of rotatable bonds is 5. The van der Waals surface area contributed by atoms with E-state index in [1.807, 2.05) is 59.3 Å². The van der Waals surface area contributed by atoms with Gasteiger partial charge in [0.25, 0.3) is 5.91 Å². The van der Waals surface area contributed by atoms with Crippen LogP contribution in [0.4, 0.5) is 0 Å². The van der Waals surface area contributed by atoms with Crippen LogP contribution < -0.4 is 5.32 Å². The molecule has 23 heavy (non-hydrogen) atoms. The number of pyridine rings is 1. The van der Waals surface area contributed by atoms with E-state index < -0.39 is 0 Å². The zero-order chi connectivity index (χ0) is 16.2. The van der Waals surface area contributed by atoms with Gasteiger partial charge in [-0.05, 0) is 24.5 Å². The Kier molecular flexibility index (Phi) is 4.42. The van der Waals surface area contributed by atoms with E-state index in [0.717, 1.165) is 23.3 Å². The molecule has 0 unspecified atom stereocenters. The molecular weight excluding hydrogens is 286 g/mol. The molecule has 2 aromatic heterocycles. The van der Waals surface area contributed by atoms with Crippen LogP contribution >= 0.6 is 0 Å². The average molecular weight is 307 g/mol. The molecule has 1 amide bonds. The maximum absolute atomic E-state index is 12.2. The number of aromatic nitrogens is 2. The summed E-state index contributed by atoms with van der Waals surface area (Å²) in [5.41, 5.74) is 3.40. The summed E-state index contributed by atoms with van der Waals surface area (Å²) in [6.45, 7) is 4.99. The van der Waals surface area contributed by atoms with Gasteiger partial charge >= 0.3 is 0 Å². The monoisotopic (exact) mass is 307 g/mol. The molecule has 3 aromatic rings. The SMILES string of the molecule is CC(C)CCNC(=O)c1ccn2cc(-c3ccccc3)nc2c1. The van der Waals surface area contributed by atoms with Crippen molar-refractivity contribution in [2.24, 2.45) is 5.92 Å². The van der Waals surface area contributed by atoms with Crippen molar-refractivity contribution in [3.8, 4) is 11.3 Å². The van der Waals surface area contributed by atoms with E-state index in [2.05, 4.69) is 24.1 Å². The highest BCUT2D eigenvalue weighted by atomic mass is 16.1. The van der Waals surface area contributed by atoms with Gasteiger partial charge in [-0.3, -0.25) is 4.79 Å². The number of fused-ring (bicyclic) bond motifs is 1. The molecule has 0 atom stereocenters. The second-order valence-electron chi connectivity index (χ2n) is 6.11. The lowest BCUT2D eigenvalue weighted by Gasteiger charge is -2.07. The smallest absolute Gasteiger partial charge is 0.251 e. The minimum atomic E-state index is -0.0441. The molecule has 0 aliphatic heterocycles. The molecule has 4 nitrogen and oxygen atoms in total. The van der Waals surface area contributed by atoms with E-state index in [0.29, 0.717) is 18.0 Å². The molecule has 0 saturated heterocycles. The molecule has 118 valence electrons. The molecule has 2 heterocycles. The van der Waals surface area contributed by atoms with Gasteiger partial charge in [0, 0.05) is 30.1 Å². The van der Waals surface area contributed by atoms with E-state index in [-0.39, 0.29) is 5.91 Å². The molecule has 3 rings (SSSR count). The van der Waals surface area contributed by atoms with E-state index in [1.54, 1.807) is 0 Å². The Hall–Kier alpha value is -2.62. The number of amides is 1. The number of imidazole rings is 1. The van der Waals surface area contributed by atoms with Gasteiger partial charge in [-0.15, -0.1) is 0 Å². The first kappa shape index (κ1) is 15.3. The molecule has 1 N–H and O–H groups in total. The van der Waals surface area contributed by atoms with E-state index in [1.165, 1.54) is 0 Å². The molecule has 0 aliphatic carbocycles. The topological polar surface area (TPSA) is 46.4 Å². The summed E-state index contributed by atoms with van der Waals surface area (Å²) < 4.78 is 1.94. The van der Waals surface area contributed by atoms with Crippen LogP contribution in [-0.2, 0) is 0 Å². The van der Waals surface area contributed by atoms with Crippen LogP contribution in [0.1, 0.15) is 30.6 Å². The van der Waals surface area contributed by atoms with Gasteiger partial charge in [-0.25, -0.2) is 4.98 Å². The number of carbonyl (C=O) groups is 1. The normalized spacial score (nSPS) is 11.1. The third-order valence-corrected chi connectivity index (χ3v) is 3.80. The first-order valence-corrected chi connectivity index (χ1v) is 7.96. The van der Waals surface area contributed by atoms with Crippen LogP contribution in [0.3, 0.4) is 0 Å². The predicted octanol–water partition coefficient (Wildman–Crippen LogP) is 3.78. The third kappa shape index (κ3) is 3.59. The van der Waals surface area contributed by atoms with E-state index >= 15 is 0 Å². The van der Waals surface area contributed by atoms with Crippen LogP contribution in [0.5, 0.6) is 0 Å². The molecular formula is C19H21N3O. The maximum Gasteiger partial charge on any atom is 0.251 e. The minimum absolute atomic E-state index is 0.0441. The Morgan fingerprint density at radius 1 is 1.22 bits per heavy atom. The Morgan fingerprint density at radius 3 is 2.74 bits per heavy atom. The molecule has 1 aromatic carbocycles. The van der Waals surface area contributed by atoms with Crippen LogP contribution in [-0.4, -0.2) is 21.8 Å². The van der Waals surface area contributed by atoms with Gasteiger partial charge < -0.3 is 9.72 Å². The predicted molar refractivity (Wildman–Crippen MR) is 92.4 cm³/mol. The van der Waals surface area contributed by atoms with Crippen molar-refractivity contribution in [2.75, 3.05) is 6.54 Å². The van der Waals surface area contributed by atoms with Gasteiger partial charge in [0.1, 0.15) is 5.65 Å². The summed E-state index contributed by atoms with van der Waals surface area (Å²) in [5.74, 6) is 0.538. The summed E-state index contributed by atoms with van der Waals surface area (Å²) >= 11 is 0. The first-order chi connectivity index (χ1) is 11.1. The van der Waals surface area contributed by atoms with Crippen molar-refractivity contribution in [2.45, 2.75) is 20.3 Å². The lowest BCUT2D eigenvalue weighted by Crippen LogP contribution is -2.25. The molecule has 0 aliphatic rings. The van der Waals surface area contributed by atoms with Crippen LogP contribution in [0, 0.1) is 5.92 Å². The first-order valence-electron chi connectivity index (χ1n) is 7.96. The number of nitrogens with one attached hydrogen (secondary N) is 1. The third-order valence-electron chi connectivity index (χ3n) is 3.80. The second kappa shape index (κ2) is 6.65. The summed E-state index contributed by atoms with van der Waals surface area (Å²) in [4.78, 5) is 16.8. The van der Waals surface area contributed by atoms with Gasteiger partial charge in [-0.1, -0.05) is 44.2 Å². The van der Waals surface area contributed by atoms with Gasteiger partial charge in [0.05, 0.1) is 5.69 Å². The minimum Gasteiger partial charge on any atom is -0.352 e. The fourth-order valence-corrected chi connectivity index (χ4v) is 2.45. The van der Waals surface area contributed by atoms with Crippen LogP contribution in [0.15, 0.2) is 54.9 Å². The largest absolute Gasteiger partial charge is 0.352 e. The van der Waals surface area contributed by atoms with Crippen LogP contribution in [0.2, 0.25) is 0 Å². The zero-order valence-corrected chi connectivity index (χ0v) is 13.5. The quantitative estimate of drug-likeness (QED) is 0.780. The number of benzene rings is 1. The summed E-state index contributed by atoms with van der Waals surface area (Å²) in [6, 6.07) is 13.7. The molecule has 0 bridgehead atoms.